The van der Waals surface area contributed by atoms with Crippen molar-refractivity contribution in [2.45, 2.75) is 65.1 Å². The van der Waals surface area contributed by atoms with Crippen molar-refractivity contribution < 1.29 is 40.8 Å². The number of allylic oxidation sites excluding steroid dienone is 3. The highest BCUT2D eigenvalue weighted by Crippen LogP contribution is 2.43. The molecule has 0 fully saturated rings. The second-order valence-corrected chi connectivity index (χ2v) is 12.9. The molecular weight excluding hydrogens is 626 g/mol. The molecule has 0 bridgehead atoms. The molecule has 6 heteroatoms. The van der Waals surface area contributed by atoms with E-state index in [1.54, 1.807) is 7.11 Å². The Morgan fingerprint density at radius 2 is 1.49 bits per heavy atom. The molecule has 2 atom stereocenters. The maximum absolute atomic E-state index is 6.72. The number of quaternary nitrogens is 1. The molecule has 0 radical (unpaired) electrons. The number of rotatable bonds is 8. The summed E-state index contributed by atoms with van der Waals surface area (Å²) in [5.74, 6) is 3.53. The molecule has 0 saturated carbocycles. The summed E-state index contributed by atoms with van der Waals surface area (Å²) in [6.07, 6.45) is 8.20. The van der Waals surface area contributed by atoms with Gasteiger partial charge in [0.15, 0.2) is 11.5 Å². The Hall–Kier alpha value is -3.58. The summed E-state index contributed by atoms with van der Waals surface area (Å²) in [4.78, 5) is 1.35. The Labute approximate surface area is 277 Å². The lowest BCUT2D eigenvalue weighted by atomic mass is 9.79. The normalized spacial score (nSPS) is 19.7. The van der Waals surface area contributed by atoms with E-state index in [0.29, 0.717) is 18.4 Å². The number of hydrogen-bond acceptors (Lipinski definition) is 4. The molecule has 3 aromatic carbocycles. The second-order valence-electron chi connectivity index (χ2n) is 12.9. The maximum Gasteiger partial charge on any atom is 0.231 e. The zero-order chi connectivity index (χ0) is 30.4. The minimum Gasteiger partial charge on any atom is -1.00 e. The van der Waals surface area contributed by atoms with Crippen LogP contribution in [0.5, 0.6) is 11.5 Å². The van der Waals surface area contributed by atoms with Gasteiger partial charge in [0.25, 0.3) is 0 Å². The molecular formula is C39H42BrNO4. The Kier molecular flexibility index (Phi) is 9.10. The van der Waals surface area contributed by atoms with Crippen LogP contribution in [0.2, 0.25) is 0 Å². The Bertz CT molecular complexity index is 1700. The van der Waals surface area contributed by atoms with Crippen molar-refractivity contribution >= 4 is 5.70 Å². The molecule has 234 valence electrons. The van der Waals surface area contributed by atoms with Gasteiger partial charge in [-0.3, -0.25) is 4.90 Å². The summed E-state index contributed by atoms with van der Waals surface area (Å²) < 4.78 is 24.2. The van der Waals surface area contributed by atoms with Crippen molar-refractivity contribution in [2.75, 3.05) is 20.4 Å². The fourth-order valence-electron chi connectivity index (χ4n) is 6.82. The lowest BCUT2D eigenvalue weighted by Crippen LogP contribution is -3.06. The molecule has 4 aliphatic rings. The molecule has 1 N–H and O–H groups in total. The number of hydrogen-bond donors (Lipinski definition) is 1. The molecule has 0 aromatic heterocycles. The van der Waals surface area contributed by atoms with Crippen LogP contribution >= 0.6 is 0 Å². The van der Waals surface area contributed by atoms with E-state index in [2.05, 4.69) is 107 Å². The first-order valence-corrected chi connectivity index (χ1v) is 15.9. The van der Waals surface area contributed by atoms with Gasteiger partial charge < -0.3 is 35.9 Å². The minimum atomic E-state index is -0.282. The zero-order valence-corrected chi connectivity index (χ0v) is 28.4. The number of halogens is 1. The molecule has 3 aliphatic heterocycles. The largest absolute Gasteiger partial charge is 1.00 e. The third kappa shape index (κ3) is 6.04. The van der Waals surface area contributed by atoms with Crippen LogP contribution in [0, 0.1) is 0 Å². The van der Waals surface area contributed by atoms with Gasteiger partial charge in [0.05, 0.1) is 20.3 Å². The molecule has 0 saturated heterocycles. The smallest absolute Gasteiger partial charge is 0.231 e. The molecule has 3 heterocycles. The first-order chi connectivity index (χ1) is 21.4. The van der Waals surface area contributed by atoms with Crippen LogP contribution < -0.4 is 31.4 Å². The van der Waals surface area contributed by atoms with E-state index < -0.39 is 0 Å². The number of benzene rings is 3. The monoisotopic (exact) mass is 667 g/mol. The molecule has 1 aliphatic carbocycles. The molecule has 0 amide bonds. The maximum atomic E-state index is 6.72. The summed E-state index contributed by atoms with van der Waals surface area (Å²) in [7, 11) is 1.74. The average molecular weight is 669 g/mol. The molecule has 45 heavy (non-hydrogen) atoms. The Morgan fingerprint density at radius 3 is 2.13 bits per heavy atom. The van der Waals surface area contributed by atoms with Crippen molar-refractivity contribution in [1.82, 2.24) is 0 Å². The van der Waals surface area contributed by atoms with Crippen LogP contribution in [0.3, 0.4) is 0 Å². The fourth-order valence-corrected chi connectivity index (χ4v) is 6.82. The van der Waals surface area contributed by atoms with Crippen molar-refractivity contribution in [3.8, 4) is 11.5 Å². The number of fused-ring (bicyclic) bond motifs is 5. The molecule has 3 aromatic rings. The van der Waals surface area contributed by atoms with E-state index in [-0.39, 0.29) is 29.9 Å². The second kappa shape index (κ2) is 13.0. The summed E-state index contributed by atoms with van der Waals surface area (Å²) >= 11 is 0. The quantitative estimate of drug-likeness (QED) is 0.394. The molecule has 0 spiro atoms. The third-order valence-corrected chi connectivity index (χ3v) is 9.40. The van der Waals surface area contributed by atoms with E-state index >= 15 is 0 Å². The zero-order valence-electron chi connectivity index (χ0n) is 26.8. The van der Waals surface area contributed by atoms with Gasteiger partial charge >= 0.3 is 0 Å². The minimum absolute atomic E-state index is 0. The fraction of sp³-hybridized carbons (Fsp3) is 0.333. The van der Waals surface area contributed by atoms with Crippen LogP contribution in [0.15, 0.2) is 101 Å². The van der Waals surface area contributed by atoms with Crippen molar-refractivity contribution in [1.29, 1.82) is 0 Å². The highest BCUT2D eigenvalue weighted by Gasteiger charge is 2.40. The van der Waals surface area contributed by atoms with Crippen LogP contribution in [0.25, 0.3) is 5.70 Å². The van der Waals surface area contributed by atoms with Gasteiger partial charge in [-0.2, -0.15) is 0 Å². The van der Waals surface area contributed by atoms with Gasteiger partial charge in [0.1, 0.15) is 23.8 Å². The van der Waals surface area contributed by atoms with Gasteiger partial charge in [0, 0.05) is 29.6 Å². The summed E-state index contributed by atoms with van der Waals surface area (Å²) in [6.45, 7) is 10.7. The number of nitrogens with one attached hydrogen (secondary N) is 1. The van der Waals surface area contributed by atoms with Crippen molar-refractivity contribution in [3.05, 3.63) is 135 Å². The number of ether oxygens (including phenoxy) is 4. The van der Waals surface area contributed by atoms with Crippen molar-refractivity contribution in [2.24, 2.45) is 0 Å². The van der Waals surface area contributed by atoms with Crippen molar-refractivity contribution in [3.63, 3.8) is 0 Å². The van der Waals surface area contributed by atoms with E-state index in [0.717, 1.165) is 42.2 Å². The Morgan fingerprint density at radius 1 is 0.844 bits per heavy atom. The Balaban J connectivity index is 0.00000357. The lowest BCUT2D eigenvalue weighted by molar-refractivity contribution is -0.771. The van der Waals surface area contributed by atoms with E-state index in [9.17, 15) is 0 Å². The average Bonchev–Trinajstić information content (AvgIpc) is 3.50. The molecule has 5 nitrogen and oxygen atoms in total. The van der Waals surface area contributed by atoms with Gasteiger partial charge in [-0.15, -0.1) is 0 Å². The van der Waals surface area contributed by atoms with Gasteiger partial charge in [0.2, 0.25) is 6.79 Å². The van der Waals surface area contributed by atoms with Gasteiger partial charge in [-0.25, -0.2) is 0 Å². The van der Waals surface area contributed by atoms with Gasteiger partial charge in [-0.1, -0.05) is 82.3 Å². The van der Waals surface area contributed by atoms with Crippen LogP contribution in [-0.4, -0.2) is 26.6 Å². The van der Waals surface area contributed by atoms with E-state index in [4.69, 9.17) is 18.9 Å². The van der Waals surface area contributed by atoms with E-state index in [1.165, 1.54) is 55.1 Å². The van der Waals surface area contributed by atoms with Gasteiger partial charge in [-0.05, 0) is 63.4 Å². The van der Waals surface area contributed by atoms with Crippen LogP contribution in [0.1, 0.15) is 72.9 Å². The third-order valence-electron chi connectivity index (χ3n) is 9.40. The predicted molar refractivity (Wildman–Crippen MR) is 174 cm³/mol. The summed E-state index contributed by atoms with van der Waals surface area (Å²) in [6, 6.07) is 22.3. The van der Waals surface area contributed by atoms with E-state index in [1.807, 2.05) is 0 Å². The first kappa shape index (κ1) is 31.4. The SMILES string of the molecule is COC1=CC=C2C(=C[NH+]3CCc4cc5c(cc4C3=C2Cc2ccc(C(C)C)cc2)OCO5)C1OCc1ccc(C(C)C)cc1.[Br-]. The predicted octanol–water partition coefficient (Wildman–Crippen LogP) is 4.01. The highest BCUT2D eigenvalue weighted by molar-refractivity contribution is 5.77. The highest BCUT2D eigenvalue weighted by atomic mass is 79.9. The molecule has 7 rings (SSSR count). The number of methoxy groups -OCH3 is 1. The first-order valence-electron chi connectivity index (χ1n) is 15.9. The standard InChI is InChI=1S/C39H41NO4.BrH/c1-24(2)28-10-6-26(7-11-28)18-33-31-14-15-35(41-5)39(42-22-27-8-12-29(13-9-27)25(3)4)34(31)21-40-17-16-30-19-36-37(44-23-43-36)20-32(30)38(33)40;/h6-15,19-21,24-25,39H,16-18,22-23H2,1-5H3;1H. The topological polar surface area (TPSA) is 41.4 Å². The lowest BCUT2D eigenvalue weighted by Gasteiger charge is -2.36. The summed E-state index contributed by atoms with van der Waals surface area (Å²) in [5, 5.41) is 0. The molecule has 2 unspecified atom stereocenters. The van der Waals surface area contributed by atoms with Crippen LogP contribution in [0.4, 0.5) is 0 Å². The summed E-state index contributed by atoms with van der Waals surface area (Å²) in [5.41, 5.74) is 12.8. The van der Waals surface area contributed by atoms with Crippen LogP contribution in [-0.2, 0) is 28.9 Å².